The molecule has 6 heteroatoms. The molecule has 1 aromatic heterocycles. The maximum Gasteiger partial charge on any atom is 0.326 e. The number of carbonyl (C=O) groups excluding carboxylic acids is 1. The predicted molar refractivity (Wildman–Crippen MR) is 69.5 cm³/mol. The van der Waals surface area contributed by atoms with Crippen molar-refractivity contribution in [2.75, 3.05) is 0 Å². The van der Waals surface area contributed by atoms with Crippen LogP contribution in [0.4, 0.5) is 0 Å². The average Bonchev–Trinajstić information content (AvgIpc) is 2.84. The normalized spacial score (nSPS) is 12.1. The Morgan fingerprint density at radius 3 is 2.89 bits per heavy atom. The molecule has 0 aromatic carbocycles. The Balaban J connectivity index is 2.34. The molecule has 18 heavy (non-hydrogen) atoms. The van der Waals surface area contributed by atoms with Crippen molar-refractivity contribution in [2.45, 2.75) is 45.1 Å². The van der Waals surface area contributed by atoms with Gasteiger partial charge in [-0.05, 0) is 6.42 Å². The van der Waals surface area contributed by atoms with Crippen molar-refractivity contribution in [2.24, 2.45) is 0 Å². The summed E-state index contributed by atoms with van der Waals surface area (Å²) >= 11 is 1.50. The first-order chi connectivity index (χ1) is 8.63. The molecule has 0 saturated heterocycles. The Hall–Kier alpha value is -1.43. The van der Waals surface area contributed by atoms with Crippen molar-refractivity contribution >= 4 is 23.2 Å². The number of hydrogen-bond acceptors (Lipinski definition) is 4. The highest BCUT2D eigenvalue weighted by molar-refractivity contribution is 7.09. The lowest BCUT2D eigenvalue weighted by Gasteiger charge is -2.13. The number of hydrogen-bond donors (Lipinski definition) is 2. The van der Waals surface area contributed by atoms with Gasteiger partial charge >= 0.3 is 5.97 Å². The summed E-state index contributed by atoms with van der Waals surface area (Å²) < 4.78 is 0. The number of aryl methyl sites for hydroxylation is 1. The second-order valence-electron chi connectivity index (χ2n) is 4.03. The summed E-state index contributed by atoms with van der Waals surface area (Å²) in [6, 6.07) is -0.770. The van der Waals surface area contributed by atoms with E-state index in [1.165, 1.54) is 11.3 Å². The third-order valence-corrected chi connectivity index (χ3v) is 3.37. The summed E-state index contributed by atoms with van der Waals surface area (Å²) in [6.45, 7) is 1.99. The second kappa shape index (κ2) is 7.81. The lowest BCUT2D eigenvalue weighted by molar-refractivity contribution is -0.142. The molecular weight excluding hydrogens is 252 g/mol. The Kier molecular flexibility index (Phi) is 6.35. The van der Waals surface area contributed by atoms with Crippen LogP contribution in [-0.2, 0) is 16.0 Å². The molecule has 1 atom stereocenters. The van der Waals surface area contributed by atoms with E-state index in [0.29, 0.717) is 12.8 Å². The molecule has 1 heterocycles. The maximum atomic E-state index is 11.6. The summed E-state index contributed by atoms with van der Waals surface area (Å²) in [4.78, 5) is 26.6. The van der Waals surface area contributed by atoms with Gasteiger partial charge < -0.3 is 10.4 Å². The van der Waals surface area contributed by atoms with Crippen LogP contribution in [0.15, 0.2) is 11.6 Å². The molecule has 0 aliphatic rings. The number of nitrogens with one attached hydrogen (secondary N) is 1. The van der Waals surface area contributed by atoms with E-state index in [4.69, 9.17) is 5.11 Å². The average molecular weight is 270 g/mol. The minimum Gasteiger partial charge on any atom is -0.480 e. The fourth-order valence-corrected chi connectivity index (χ4v) is 2.15. The largest absolute Gasteiger partial charge is 0.480 e. The molecule has 2 N–H and O–H groups in total. The van der Waals surface area contributed by atoms with Gasteiger partial charge in [0, 0.05) is 24.4 Å². The molecule has 100 valence electrons. The van der Waals surface area contributed by atoms with Crippen LogP contribution in [0, 0.1) is 0 Å². The molecule has 0 aliphatic heterocycles. The van der Waals surface area contributed by atoms with Gasteiger partial charge in [-0.2, -0.15) is 0 Å². The molecule has 1 amide bonds. The van der Waals surface area contributed by atoms with Crippen molar-refractivity contribution in [1.82, 2.24) is 10.3 Å². The Morgan fingerprint density at radius 2 is 2.33 bits per heavy atom. The zero-order valence-corrected chi connectivity index (χ0v) is 11.2. The highest BCUT2D eigenvalue weighted by Crippen LogP contribution is 2.07. The van der Waals surface area contributed by atoms with Crippen LogP contribution in [0.5, 0.6) is 0 Å². The molecule has 0 fully saturated rings. The molecular formula is C12H18N2O3S. The fourth-order valence-electron chi connectivity index (χ4n) is 1.53. The van der Waals surface area contributed by atoms with Gasteiger partial charge in [0.2, 0.25) is 5.91 Å². The van der Waals surface area contributed by atoms with Crippen molar-refractivity contribution in [3.05, 3.63) is 16.6 Å². The summed E-state index contributed by atoms with van der Waals surface area (Å²) in [5, 5.41) is 14.3. The topological polar surface area (TPSA) is 79.3 Å². The minimum atomic E-state index is -0.967. The van der Waals surface area contributed by atoms with Crippen LogP contribution < -0.4 is 5.32 Å². The molecule has 1 unspecified atom stereocenters. The van der Waals surface area contributed by atoms with Crippen molar-refractivity contribution in [3.8, 4) is 0 Å². The number of nitrogens with zero attached hydrogens (tertiary/aromatic N) is 1. The van der Waals surface area contributed by atoms with Crippen molar-refractivity contribution < 1.29 is 14.7 Å². The molecule has 0 radical (unpaired) electrons. The van der Waals surface area contributed by atoms with E-state index in [2.05, 4.69) is 10.3 Å². The maximum absolute atomic E-state index is 11.6. The van der Waals surface area contributed by atoms with E-state index in [1.54, 1.807) is 6.20 Å². The summed E-state index contributed by atoms with van der Waals surface area (Å²) in [7, 11) is 0. The SMILES string of the molecule is CCCCC(NC(=O)CCc1nccs1)C(=O)O. The number of aromatic nitrogens is 1. The monoisotopic (exact) mass is 270 g/mol. The Bertz CT molecular complexity index is 379. The number of rotatable bonds is 8. The van der Waals surface area contributed by atoms with E-state index in [1.807, 2.05) is 12.3 Å². The summed E-state index contributed by atoms with van der Waals surface area (Å²) in [5.74, 6) is -1.19. The first kappa shape index (κ1) is 14.6. The summed E-state index contributed by atoms with van der Waals surface area (Å²) in [5.41, 5.74) is 0. The second-order valence-corrected chi connectivity index (χ2v) is 5.01. The van der Waals surface area contributed by atoms with E-state index >= 15 is 0 Å². The number of carbonyl (C=O) groups is 2. The number of aliphatic carboxylic acids is 1. The molecule has 5 nitrogen and oxygen atoms in total. The smallest absolute Gasteiger partial charge is 0.326 e. The van der Waals surface area contributed by atoms with Gasteiger partial charge in [0.15, 0.2) is 0 Å². The van der Waals surface area contributed by atoms with E-state index in [-0.39, 0.29) is 12.3 Å². The van der Waals surface area contributed by atoms with Gasteiger partial charge in [-0.1, -0.05) is 19.8 Å². The number of amides is 1. The van der Waals surface area contributed by atoms with E-state index in [0.717, 1.165) is 17.8 Å². The lowest BCUT2D eigenvalue weighted by Crippen LogP contribution is -2.40. The molecule has 1 aromatic rings. The van der Waals surface area contributed by atoms with Crippen molar-refractivity contribution in [3.63, 3.8) is 0 Å². The van der Waals surface area contributed by atoms with Gasteiger partial charge in [0.05, 0.1) is 5.01 Å². The number of thiazole rings is 1. The van der Waals surface area contributed by atoms with E-state index < -0.39 is 12.0 Å². The molecule has 0 bridgehead atoms. The molecule has 0 saturated carbocycles. The van der Waals surface area contributed by atoms with Crippen LogP contribution >= 0.6 is 11.3 Å². The fraction of sp³-hybridized carbons (Fsp3) is 0.583. The van der Waals surface area contributed by atoms with Gasteiger partial charge in [-0.3, -0.25) is 4.79 Å². The van der Waals surface area contributed by atoms with Crippen molar-refractivity contribution in [1.29, 1.82) is 0 Å². The third kappa shape index (κ3) is 5.27. The number of carboxylic acids is 1. The summed E-state index contributed by atoms with van der Waals surface area (Å²) in [6.07, 6.45) is 4.73. The number of carboxylic acid groups (broad SMARTS) is 1. The molecule has 0 spiro atoms. The third-order valence-electron chi connectivity index (χ3n) is 2.53. The van der Waals surface area contributed by atoms with Crippen LogP contribution in [0.2, 0.25) is 0 Å². The highest BCUT2D eigenvalue weighted by atomic mass is 32.1. The van der Waals surface area contributed by atoms with Gasteiger partial charge in [0.1, 0.15) is 6.04 Å². The van der Waals surface area contributed by atoms with Gasteiger partial charge in [-0.25, -0.2) is 9.78 Å². The predicted octanol–water partition coefficient (Wildman–Crippen LogP) is 1.84. The number of unbranched alkanes of at least 4 members (excludes halogenated alkanes) is 1. The van der Waals surface area contributed by atoms with Crippen LogP contribution in [0.3, 0.4) is 0 Å². The Morgan fingerprint density at radius 1 is 1.56 bits per heavy atom. The van der Waals surface area contributed by atoms with Crippen LogP contribution in [-0.4, -0.2) is 28.0 Å². The highest BCUT2D eigenvalue weighted by Gasteiger charge is 2.18. The molecule has 0 aliphatic carbocycles. The zero-order chi connectivity index (χ0) is 13.4. The van der Waals surface area contributed by atoms with E-state index in [9.17, 15) is 9.59 Å². The van der Waals surface area contributed by atoms with Gasteiger partial charge in [-0.15, -0.1) is 11.3 Å². The van der Waals surface area contributed by atoms with Gasteiger partial charge in [0.25, 0.3) is 0 Å². The van der Waals surface area contributed by atoms with Crippen LogP contribution in [0.25, 0.3) is 0 Å². The standard InChI is InChI=1S/C12H18N2O3S/c1-2-3-4-9(12(16)17)14-10(15)5-6-11-13-7-8-18-11/h7-9H,2-6H2,1H3,(H,14,15)(H,16,17). The first-order valence-electron chi connectivity index (χ1n) is 6.04. The Labute approximate surface area is 110 Å². The quantitative estimate of drug-likeness (QED) is 0.755. The molecule has 1 rings (SSSR count). The first-order valence-corrected chi connectivity index (χ1v) is 6.92. The van der Waals surface area contributed by atoms with Crippen LogP contribution in [0.1, 0.15) is 37.6 Å². The minimum absolute atomic E-state index is 0.228. The lowest BCUT2D eigenvalue weighted by atomic mass is 10.1. The zero-order valence-electron chi connectivity index (χ0n) is 10.4.